The minimum absolute atomic E-state index is 0.0477. The van der Waals surface area contributed by atoms with E-state index in [9.17, 15) is 9.18 Å². The van der Waals surface area contributed by atoms with E-state index >= 15 is 0 Å². The first-order valence-corrected chi connectivity index (χ1v) is 6.27. The number of nitrogens with zero attached hydrogens (tertiary/aromatic N) is 2. The summed E-state index contributed by atoms with van der Waals surface area (Å²) in [6, 6.07) is 4.57. The minimum atomic E-state index is -0.780. The van der Waals surface area contributed by atoms with Crippen LogP contribution in [0.4, 0.5) is 16.2 Å². The lowest BCUT2D eigenvalue weighted by Crippen LogP contribution is -2.08. The Morgan fingerprint density at radius 2 is 2.00 bits per heavy atom. The molecule has 1 aromatic heterocycles. The molecule has 1 heterocycles. The summed E-state index contributed by atoms with van der Waals surface area (Å²) in [5.41, 5.74) is 12.2. The molecule has 8 heteroatoms. The number of benzene rings is 1. The van der Waals surface area contributed by atoms with Gasteiger partial charge < -0.3 is 20.9 Å². The van der Waals surface area contributed by atoms with Crippen molar-refractivity contribution < 1.29 is 18.7 Å². The Hall–Kier alpha value is -2.74. The maximum atomic E-state index is 14.2. The number of aromatic nitrogens is 2. The van der Waals surface area contributed by atoms with E-state index < -0.39 is 11.8 Å². The summed E-state index contributed by atoms with van der Waals surface area (Å²) >= 11 is 0. The lowest BCUT2D eigenvalue weighted by atomic mass is 10.0. The van der Waals surface area contributed by atoms with Gasteiger partial charge in [0.2, 0.25) is 5.95 Å². The Morgan fingerprint density at radius 3 is 2.64 bits per heavy atom. The Morgan fingerprint density at radius 1 is 1.27 bits per heavy atom. The molecule has 7 nitrogen and oxygen atoms in total. The van der Waals surface area contributed by atoms with Gasteiger partial charge in [0.1, 0.15) is 5.69 Å². The second kappa shape index (κ2) is 6.35. The fourth-order valence-corrected chi connectivity index (χ4v) is 2.01. The van der Waals surface area contributed by atoms with Gasteiger partial charge in [0.25, 0.3) is 0 Å². The summed E-state index contributed by atoms with van der Waals surface area (Å²) in [6.45, 7) is 0.142. The molecule has 0 aliphatic rings. The van der Waals surface area contributed by atoms with Crippen molar-refractivity contribution in [2.45, 2.75) is 6.61 Å². The van der Waals surface area contributed by atoms with E-state index in [1.54, 1.807) is 6.07 Å². The van der Waals surface area contributed by atoms with Crippen molar-refractivity contribution in [1.29, 1.82) is 0 Å². The van der Waals surface area contributed by atoms with Crippen molar-refractivity contribution in [3.05, 3.63) is 35.1 Å². The van der Waals surface area contributed by atoms with Crippen LogP contribution >= 0.6 is 0 Å². The smallest absolute Gasteiger partial charge is 0.337 e. The average Bonchev–Trinajstić information content (AvgIpc) is 2.50. The van der Waals surface area contributed by atoms with Gasteiger partial charge in [0, 0.05) is 12.7 Å². The highest BCUT2D eigenvalue weighted by Gasteiger charge is 2.18. The lowest BCUT2D eigenvalue weighted by Gasteiger charge is -2.12. The molecule has 1 aromatic carbocycles. The van der Waals surface area contributed by atoms with E-state index in [1.807, 2.05) is 0 Å². The second-order valence-corrected chi connectivity index (χ2v) is 4.43. The van der Waals surface area contributed by atoms with Crippen LogP contribution in [0.2, 0.25) is 0 Å². The molecule has 0 radical (unpaired) electrons. The molecule has 0 saturated heterocycles. The SMILES string of the molecule is COCc1cc(C(=O)OC)ccc1-c1nc(N)nc(N)c1F. The highest BCUT2D eigenvalue weighted by molar-refractivity contribution is 5.90. The summed E-state index contributed by atoms with van der Waals surface area (Å²) in [5.74, 6) is -1.78. The van der Waals surface area contributed by atoms with E-state index in [2.05, 4.69) is 14.7 Å². The summed E-state index contributed by atoms with van der Waals surface area (Å²) in [4.78, 5) is 19.0. The van der Waals surface area contributed by atoms with E-state index in [0.29, 0.717) is 16.7 Å². The number of methoxy groups -OCH3 is 2. The fraction of sp³-hybridized carbons (Fsp3) is 0.214. The molecule has 0 bridgehead atoms. The number of carbonyl (C=O) groups excluding carboxylic acids is 1. The molecular weight excluding hydrogens is 291 g/mol. The molecule has 0 amide bonds. The number of hydrogen-bond acceptors (Lipinski definition) is 7. The van der Waals surface area contributed by atoms with Crippen LogP contribution in [-0.2, 0) is 16.1 Å². The van der Waals surface area contributed by atoms with Crippen molar-refractivity contribution in [3.8, 4) is 11.3 Å². The fourth-order valence-electron chi connectivity index (χ4n) is 2.01. The zero-order valence-electron chi connectivity index (χ0n) is 12.1. The molecule has 0 unspecified atom stereocenters. The highest BCUT2D eigenvalue weighted by Crippen LogP contribution is 2.29. The van der Waals surface area contributed by atoms with Crippen molar-refractivity contribution in [2.24, 2.45) is 0 Å². The molecule has 116 valence electrons. The van der Waals surface area contributed by atoms with Gasteiger partial charge in [-0.1, -0.05) is 6.07 Å². The van der Waals surface area contributed by atoms with E-state index in [0.717, 1.165) is 0 Å². The van der Waals surface area contributed by atoms with Gasteiger partial charge in [-0.3, -0.25) is 0 Å². The van der Waals surface area contributed by atoms with Crippen molar-refractivity contribution in [1.82, 2.24) is 9.97 Å². The van der Waals surface area contributed by atoms with E-state index in [-0.39, 0.29) is 24.1 Å². The van der Waals surface area contributed by atoms with Crippen LogP contribution < -0.4 is 11.5 Å². The molecule has 0 aliphatic heterocycles. The normalized spacial score (nSPS) is 10.5. The molecule has 0 fully saturated rings. The molecule has 4 N–H and O–H groups in total. The number of halogens is 1. The van der Waals surface area contributed by atoms with Gasteiger partial charge in [-0.15, -0.1) is 0 Å². The van der Waals surface area contributed by atoms with Crippen molar-refractivity contribution in [2.75, 3.05) is 25.7 Å². The predicted molar refractivity (Wildman–Crippen MR) is 78.3 cm³/mol. The number of nitrogen functional groups attached to an aromatic ring is 2. The molecule has 0 saturated carbocycles. The van der Waals surface area contributed by atoms with Gasteiger partial charge in [0.15, 0.2) is 11.6 Å². The second-order valence-electron chi connectivity index (χ2n) is 4.43. The Kier molecular flexibility index (Phi) is 4.52. The number of rotatable bonds is 4. The summed E-state index contributed by atoms with van der Waals surface area (Å²) in [7, 11) is 2.76. The van der Waals surface area contributed by atoms with Crippen LogP contribution in [-0.4, -0.2) is 30.2 Å². The van der Waals surface area contributed by atoms with Gasteiger partial charge >= 0.3 is 5.97 Å². The standard InChI is InChI=1S/C14H15FN4O3/c1-21-6-8-5-7(13(20)22-2)3-4-9(8)11-10(15)12(16)19-14(17)18-11/h3-5H,6H2,1-2H3,(H4,16,17,18,19). The number of esters is 1. The third-order valence-corrected chi connectivity index (χ3v) is 2.98. The maximum absolute atomic E-state index is 14.2. The van der Waals surface area contributed by atoms with E-state index in [1.165, 1.54) is 26.4 Å². The number of anilines is 2. The first-order chi connectivity index (χ1) is 10.5. The summed E-state index contributed by atoms with van der Waals surface area (Å²) < 4.78 is 23.9. The molecule has 0 spiro atoms. The zero-order valence-corrected chi connectivity index (χ0v) is 12.1. The highest BCUT2D eigenvalue weighted by atomic mass is 19.1. The van der Waals surface area contributed by atoms with Crippen LogP contribution in [0.3, 0.4) is 0 Å². The van der Waals surface area contributed by atoms with Crippen LogP contribution in [0.5, 0.6) is 0 Å². The summed E-state index contributed by atoms with van der Waals surface area (Å²) in [5, 5.41) is 0. The average molecular weight is 306 g/mol. The largest absolute Gasteiger partial charge is 0.465 e. The van der Waals surface area contributed by atoms with Crippen LogP contribution in [0.15, 0.2) is 18.2 Å². The molecular formula is C14H15FN4O3. The topological polar surface area (TPSA) is 113 Å². The molecule has 2 aromatic rings. The monoisotopic (exact) mass is 306 g/mol. The predicted octanol–water partition coefficient (Wildman–Crippen LogP) is 1.38. The van der Waals surface area contributed by atoms with E-state index in [4.69, 9.17) is 16.2 Å². The van der Waals surface area contributed by atoms with Crippen molar-refractivity contribution >= 4 is 17.7 Å². The third kappa shape index (κ3) is 2.96. The summed E-state index contributed by atoms with van der Waals surface area (Å²) in [6.07, 6.45) is 0. The van der Waals surface area contributed by atoms with Gasteiger partial charge in [-0.05, 0) is 17.7 Å². The number of ether oxygens (including phenoxy) is 2. The Balaban J connectivity index is 2.62. The molecule has 22 heavy (non-hydrogen) atoms. The quantitative estimate of drug-likeness (QED) is 0.820. The zero-order chi connectivity index (χ0) is 16.3. The number of hydrogen-bond donors (Lipinski definition) is 2. The number of carbonyl (C=O) groups is 1. The van der Waals surface area contributed by atoms with Gasteiger partial charge in [-0.2, -0.15) is 4.98 Å². The minimum Gasteiger partial charge on any atom is -0.465 e. The lowest BCUT2D eigenvalue weighted by molar-refractivity contribution is 0.0600. The Labute approximate surface area is 126 Å². The van der Waals surface area contributed by atoms with Gasteiger partial charge in [-0.25, -0.2) is 14.2 Å². The first-order valence-electron chi connectivity index (χ1n) is 6.27. The number of nitrogens with two attached hydrogens (primary N) is 2. The van der Waals surface area contributed by atoms with Crippen LogP contribution in [0.25, 0.3) is 11.3 Å². The van der Waals surface area contributed by atoms with Crippen LogP contribution in [0, 0.1) is 5.82 Å². The molecule has 2 rings (SSSR count). The molecule has 0 atom stereocenters. The van der Waals surface area contributed by atoms with Crippen LogP contribution in [0.1, 0.15) is 15.9 Å². The Bertz CT molecular complexity index is 721. The molecule has 0 aliphatic carbocycles. The first kappa shape index (κ1) is 15.6. The van der Waals surface area contributed by atoms with Crippen molar-refractivity contribution in [3.63, 3.8) is 0 Å². The third-order valence-electron chi connectivity index (χ3n) is 2.98. The maximum Gasteiger partial charge on any atom is 0.337 e. The van der Waals surface area contributed by atoms with Gasteiger partial charge in [0.05, 0.1) is 19.3 Å².